The molecule has 3 unspecified atom stereocenters. The topological polar surface area (TPSA) is 52.6 Å². The van der Waals surface area contributed by atoms with Crippen LogP contribution in [0.25, 0.3) is 0 Å². The van der Waals surface area contributed by atoms with E-state index in [1.807, 2.05) is 32.9 Å². The third-order valence-corrected chi connectivity index (χ3v) is 5.14. The first-order valence-electron chi connectivity index (χ1n) is 9.33. The molecule has 1 aromatic carbocycles. The highest BCUT2D eigenvalue weighted by atomic mass is 31.1. The van der Waals surface area contributed by atoms with Gasteiger partial charge in [0.05, 0.1) is 0 Å². The molecule has 0 aliphatic carbocycles. The Kier molecular flexibility index (Phi) is 8.59. The van der Waals surface area contributed by atoms with Gasteiger partial charge in [0.1, 0.15) is 6.61 Å². The molecule has 0 amide bonds. The first-order chi connectivity index (χ1) is 11.9. The SMILES string of the molecule is CCO[P+](=O)OC(CC(C)CC(C)(C)C)C(=O)c1c(C)cc(C)cc1C. The third-order valence-electron chi connectivity index (χ3n) is 4.24. The lowest BCUT2D eigenvalue weighted by molar-refractivity contribution is 0.0707. The first-order valence-corrected chi connectivity index (χ1v) is 10.4. The van der Waals surface area contributed by atoms with Gasteiger partial charge in [-0.15, -0.1) is 9.05 Å². The van der Waals surface area contributed by atoms with Crippen LogP contribution in [0.1, 0.15) is 74.5 Å². The summed E-state index contributed by atoms with van der Waals surface area (Å²) in [5.41, 5.74) is 3.80. The van der Waals surface area contributed by atoms with Gasteiger partial charge in [0, 0.05) is 10.1 Å². The average molecular weight is 381 g/mol. The molecular formula is C21H34O4P+. The summed E-state index contributed by atoms with van der Waals surface area (Å²) in [7, 11) is -2.30. The minimum atomic E-state index is -2.30. The molecule has 0 N–H and O–H groups in total. The van der Waals surface area contributed by atoms with E-state index in [1.165, 1.54) is 0 Å². The highest BCUT2D eigenvalue weighted by Gasteiger charge is 2.35. The molecule has 1 rings (SSSR count). The Morgan fingerprint density at radius 3 is 2.15 bits per heavy atom. The van der Waals surface area contributed by atoms with Gasteiger partial charge in [-0.2, -0.15) is 0 Å². The highest BCUT2D eigenvalue weighted by molar-refractivity contribution is 7.33. The van der Waals surface area contributed by atoms with Crippen LogP contribution in [-0.4, -0.2) is 18.5 Å². The van der Waals surface area contributed by atoms with E-state index < -0.39 is 14.4 Å². The number of carbonyl (C=O) groups excluding carboxylic acids is 1. The number of carbonyl (C=O) groups is 1. The van der Waals surface area contributed by atoms with Crippen LogP contribution in [-0.2, 0) is 13.6 Å². The van der Waals surface area contributed by atoms with Crippen molar-refractivity contribution in [2.45, 2.75) is 74.3 Å². The van der Waals surface area contributed by atoms with Gasteiger partial charge < -0.3 is 0 Å². The van der Waals surface area contributed by atoms with Crippen molar-refractivity contribution in [3.8, 4) is 0 Å². The Morgan fingerprint density at radius 1 is 1.15 bits per heavy atom. The van der Waals surface area contributed by atoms with Gasteiger partial charge in [-0.1, -0.05) is 45.4 Å². The monoisotopic (exact) mass is 381 g/mol. The van der Waals surface area contributed by atoms with Crippen molar-refractivity contribution in [2.75, 3.05) is 6.61 Å². The Bertz CT molecular complexity index is 623. The molecule has 3 atom stereocenters. The van der Waals surface area contributed by atoms with E-state index >= 15 is 0 Å². The number of Topliss-reactive ketones (excluding diaryl/α,β-unsaturated/α-hetero) is 1. The maximum absolute atomic E-state index is 13.2. The van der Waals surface area contributed by atoms with Crippen LogP contribution in [0.4, 0.5) is 0 Å². The summed E-state index contributed by atoms with van der Waals surface area (Å²) < 4.78 is 22.7. The number of aryl methyl sites for hydroxylation is 3. The van der Waals surface area contributed by atoms with Crippen molar-refractivity contribution in [3.63, 3.8) is 0 Å². The van der Waals surface area contributed by atoms with Crippen LogP contribution in [0.5, 0.6) is 0 Å². The minimum absolute atomic E-state index is 0.108. The molecule has 0 bridgehead atoms. The van der Waals surface area contributed by atoms with Gasteiger partial charge in [0.2, 0.25) is 0 Å². The Hall–Kier alpha value is -1.09. The smallest absolute Gasteiger partial charge is 0.291 e. The molecule has 0 fully saturated rings. The summed E-state index contributed by atoms with van der Waals surface area (Å²) >= 11 is 0. The molecule has 0 saturated carbocycles. The first kappa shape index (κ1) is 23.0. The molecule has 0 radical (unpaired) electrons. The molecular weight excluding hydrogens is 347 g/mol. The van der Waals surface area contributed by atoms with Crippen LogP contribution < -0.4 is 0 Å². The lowest BCUT2D eigenvalue weighted by Gasteiger charge is -2.25. The van der Waals surface area contributed by atoms with Gasteiger partial charge >= 0.3 is 8.25 Å². The Balaban J connectivity index is 3.11. The molecule has 0 aliphatic heterocycles. The number of benzene rings is 1. The van der Waals surface area contributed by atoms with Crippen molar-refractivity contribution in [2.24, 2.45) is 11.3 Å². The molecule has 1 aromatic rings. The second-order valence-electron chi connectivity index (χ2n) is 8.48. The van der Waals surface area contributed by atoms with E-state index in [-0.39, 0.29) is 23.7 Å². The summed E-state index contributed by atoms with van der Waals surface area (Å²) in [6.45, 7) is 16.6. The lowest BCUT2D eigenvalue weighted by Crippen LogP contribution is -2.27. The quantitative estimate of drug-likeness (QED) is 0.370. The van der Waals surface area contributed by atoms with Crippen molar-refractivity contribution >= 4 is 14.0 Å². The molecule has 5 heteroatoms. The van der Waals surface area contributed by atoms with E-state index in [4.69, 9.17) is 9.05 Å². The molecule has 0 aliphatic rings. The Labute approximate surface area is 159 Å². The fourth-order valence-corrected chi connectivity index (χ4v) is 4.32. The Morgan fingerprint density at radius 2 is 1.69 bits per heavy atom. The summed E-state index contributed by atoms with van der Waals surface area (Å²) in [6.07, 6.45) is 0.719. The number of hydrogen-bond acceptors (Lipinski definition) is 4. The fraction of sp³-hybridized carbons (Fsp3) is 0.667. The number of ketones is 1. The van der Waals surface area contributed by atoms with Gasteiger partial charge in [-0.05, 0) is 63.0 Å². The zero-order valence-corrected chi connectivity index (χ0v) is 18.4. The van der Waals surface area contributed by atoms with Crippen LogP contribution in [0.3, 0.4) is 0 Å². The maximum atomic E-state index is 13.2. The van der Waals surface area contributed by atoms with E-state index in [0.29, 0.717) is 12.0 Å². The zero-order chi connectivity index (χ0) is 20.1. The van der Waals surface area contributed by atoms with Gasteiger partial charge in [-0.3, -0.25) is 4.79 Å². The summed E-state index contributed by atoms with van der Waals surface area (Å²) in [5, 5.41) is 0. The largest absolute Gasteiger partial charge is 0.698 e. The molecule has 0 saturated heterocycles. The minimum Gasteiger partial charge on any atom is -0.291 e. The van der Waals surface area contributed by atoms with Crippen molar-refractivity contribution < 1.29 is 18.4 Å². The van der Waals surface area contributed by atoms with Crippen molar-refractivity contribution in [1.82, 2.24) is 0 Å². The standard InChI is InChI=1S/C21H34O4P/c1-9-24-26(23)25-18(12-15(3)13-21(6,7)8)20(22)19-16(4)10-14(2)11-17(19)5/h10-11,15,18H,9,12-13H2,1-8H3/q+1. The normalized spacial score (nSPS) is 14.8. The molecule has 0 spiro atoms. The van der Waals surface area contributed by atoms with E-state index in [1.54, 1.807) is 6.92 Å². The summed E-state index contributed by atoms with van der Waals surface area (Å²) in [4.78, 5) is 13.2. The highest BCUT2D eigenvalue weighted by Crippen LogP contribution is 2.34. The van der Waals surface area contributed by atoms with Crippen molar-refractivity contribution in [1.29, 1.82) is 0 Å². The van der Waals surface area contributed by atoms with E-state index in [9.17, 15) is 9.36 Å². The van der Waals surface area contributed by atoms with Crippen LogP contribution in [0, 0.1) is 32.1 Å². The summed E-state index contributed by atoms with van der Waals surface area (Å²) in [5.74, 6) is 0.156. The van der Waals surface area contributed by atoms with Crippen LogP contribution >= 0.6 is 8.25 Å². The van der Waals surface area contributed by atoms with E-state index in [2.05, 4.69) is 27.7 Å². The van der Waals surface area contributed by atoms with Gasteiger partial charge in [0.15, 0.2) is 11.9 Å². The van der Waals surface area contributed by atoms with Gasteiger partial charge in [0.25, 0.3) is 0 Å². The predicted molar refractivity (Wildman–Crippen MR) is 107 cm³/mol. The molecule has 26 heavy (non-hydrogen) atoms. The lowest BCUT2D eigenvalue weighted by atomic mass is 9.82. The fourth-order valence-electron chi connectivity index (χ4n) is 3.66. The number of hydrogen-bond donors (Lipinski definition) is 0. The van der Waals surface area contributed by atoms with Crippen LogP contribution in [0.15, 0.2) is 12.1 Å². The molecule has 0 aromatic heterocycles. The second-order valence-corrected chi connectivity index (χ2v) is 9.40. The third kappa shape index (κ3) is 7.26. The second kappa shape index (κ2) is 9.73. The molecule has 0 heterocycles. The zero-order valence-electron chi connectivity index (χ0n) is 17.5. The summed E-state index contributed by atoms with van der Waals surface area (Å²) in [6, 6.07) is 4.00. The average Bonchev–Trinajstić information content (AvgIpc) is 2.43. The maximum Gasteiger partial charge on any atom is 0.698 e. The molecule has 4 nitrogen and oxygen atoms in total. The van der Waals surface area contributed by atoms with Crippen molar-refractivity contribution in [3.05, 3.63) is 34.4 Å². The number of rotatable bonds is 9. The van der Waals surface area contributed by atoms with E-state index in [0.717, 1.165) is 23.1 Å². The predicted octanol–water partition coefficient (Wildman–Crippen LogP) is 6.34. The molecule has 146 valence electrons. The van der Waals surface area contributed by atoms with Crippen LogP contribution in [0.2, 0.25) is 0 Å². The van der Waals surface area contributed by atoms with Gasteiger partial charge in [-0.25, -0.2) is 0 Å².